The molecule has 0 spiro atoms. The minimum Gasteiger partial charge on any atom is -0.451 e. The molecule has 1 aromatic heterocycles. The monoisotopic (exact) mass is 380 g/mol. The molecule has 18 heavy (non-hydrogen) atoms. The summed E-state index contributed by atoms with van der Waals surface area (Å²) in [5.74, 6) is 0.894. The van der Waals surface area contributed by atoms with Crippen LogP contribution in [0.15, 0.2) is 19.6 Å². The normalized spacial score (nSPS) is 19.4. The van der Waals surface area contributed by atoms with Gasteiger partial charge in [-0.05, 0) is 57.8 Å². The molecule has 1 saturated heterocycles. The molecule has 6 heteroatoms. The van der Waals surface area contributed by atoms with Crippen LogP contribution >= 0.6 is 31.9 Å². The van der Waals surface area contributed by atoms with E-state index in [1.807, 2.05) is 6.07 Å². The molecule has 2 rings (SSSR count). The van der Waals surface area contributed by atoms with E-state index in [0.29, 0.717) is 12.6 Å². The van der Waals surface area contributed by atoms with Crippen molar-refractivity contribution in [3.05, 3.63) is 21.0 Å². The highest BCUT2D eigenvalue weighted by atomic mass is 79.9. The van der Waals surface area contributed by atoms with Crippen LogP contribution in [0.3, 0.4) is 0 Å². The molecule has 1 aliphatic rings. The number of hydrogen-bond donors (Lipinski definition) is 1. The lowest BCUT2D eigenvalue weighted by atomic mass is 10.0. The maximum absolute atomic E-state index is 5.91. The Morgan fingerprint density at radius 1 is 1.44 bits per heavy atom. The largest absolute Gasteiger partial charge is 0.451 e. The molecule has 0 aromatic carbocycles. The van der Waals surface area contributed by atoms with Crippen molar-refractivity contribution < 1.29 is 9.15 Å². The summed E-state index contributed by atoms with van der Waals surface area (Å²) in [4.78, 5) is 2.31. The smallest absolute Gasteiger partial charge is 0.183 e. The van der Waals surface area contributed by atoms with Gasteiger partial charge < -0.3 is 14.9 Å². The Morgan fingerprint density at radius 3 is 2.61 bits per heavy atom. The van der Waals surface area contributed by atoms with Crippen LogP contribution in [-0.4, -0.2) is 37.7 Å². The number of hydrogen-bond acceptors (Lipinski definition) is 4. The third kappa shape index (κ3) is 3.17. The average molecular weight is 382 g/mol. The van der Waals surface area contributed by atoms with E-state index in [4.69, 9.17) is 14.9 Å². The van der Waals surface area contributed by atoms with E-state index in [0.717, 1.165) is 41.0 Å². The van der Waals surface area contributed by atoms with Gasteiger partial charge in [-0.1, -0.05) is 0 Å². The molecular formula is C12H18Br2N2O2. The van der Waals surface area contributed by atoms with Crippen molar-refractivity contribution in [1.82, 2.24) is 4.90 Å². The van der Waals surface area contributed by atoms with Crippen LogP contribution in [0.2, 0.25) is 0 Å². The molecular weight excluding hydrogens is 364 g/mol. The minimum atomic E-state index is 0.107. The van der Waals surface area contributed by atoms with Crippen LogP contribution in [0.25, 0.3) is 0 Å². The van der Waals surface area contributed by atoms with Crippen LogP contribution in [0.1, 0.15) is 24.6 Å². The van der Waals surface area contributed by atoms with Gasteiger partial charge in [0, 0.05) is 25.8 Å². The molecule has 0 saturated carbocycles. The zero-order valence-electron chi connectivity index (χ0n) is 10.4. The maximum Gasteiger partial charge on any atom is 0.183 e. The van der Waals surface area contributed by atoms with Gasteiger partial charge in [0.05, 0.1) is 10.5 Å². The SMILES string of the molecule is CN(C1CCOCC1)C(CN)c1cc(Br)c(Br)o1. The van der Waals surface area contributed by atoms with Gasteiger partial charge in [0.25, 0.3) is 0 Å². The Bertz CT molecular complexity index is 372. The number of furan rings is 1. The van der Waals surface area contributed by atoms with Gasteiger partial charge in [0.1, 0.15) is 5.76 Å². The highest BCUT2D eigenvalue weighted by molar-refractivity contribution is 9.13. The van der Waals surface area contributed by atoms with Gasteiger partial charge in [0.2, 0.25) is 0 Å². The Hall–Kier alpha value is 0.120. The van der Waals surface area contributed by atoms with Crippen molar-refractivity contribution >= 4 is 31.9 Å². The molecule has 1 fully saturated rings. The average Bonchev–Trinajstić information content (AvgIpc) is 2.71. The summed E-state index contributed by atoms with van der Waals surface area (Å²) in [5, 5.41) is 0. The number of ether oxygens (including phenoxy) is 1. The summed E-state index contributed by atoms with van der Waals surface area (Å²) >= 11 is 6.80. The fourth-order valence-corrected chi connectivity index (χ4v) is 2.97. The number of rotatable bonds is 4. The van der Waals surface area contributed by atoms with E-state index >= 15 is 0 Å². The minimum absolute atomic E-state index is 0.107. The van der Waals surface area contributed by atoms with Crippen molar-refractivity contribution in [2.24, 2.45) is 5.73 Å². The van der Waals surface area contributed by atoms with Gasteiger partial charge in [-0.15, -0.1) is 0 Å². The number of nitrogens with two attached hydrogens (primary N) is 1. The van der Waals surface area contributed by atoms with Crippen LogP contribution in [-0.2, 0) is 4.74 Å². The lowest BCUT2D eigenvalue weighted by Crippen LogP contribution is -2.41. The predicted molar refractivity (Wildman–Crippen MR) is 77.5 cm³/mol. The van der Waals surface area contributed by atoms with E-state index in [1.54, 1.807) is 0 Å². The predicted octanol–water partition coefficient (Wildman–Crippen LogP) is 2.92. The third-order valence-electron chi connectivity index (χ3n) is 3.47. The number of nitrogens with zero attached hydrogens (tertiary/aromatic N) is 1. The highest BCUT2D eigenvalue weighted by Crippen LogP contribution is 2.33. The standard InChI is InChI=1S/C12H18Br2N2O2/c1-16(8-2-4-17-5-3-8)10(7-15)11-6-9(13)12(14)18-11/h6,8,10H,2-5,7,15H2,1H3. The van der Waals surface area contributed by atoms with Gasteiger partial charge in [-0.3, -0.25) is 4.90 Å². The van der Waals surface area contributed by atoms with Crippen molar-refractivity contribution in [3.8, 4) is 0 Å². The number of halogens is 2. The zero-order chi connectivity index (χ0) is 13.1. The van der Waals surface area contributed by atoms with Crippen LogP contribution in [0.4, 0.5) is 0 Å². The molecule has 0 bridgehead atoms. The molecule has 4 nitrogen and oxygen atoms in total. The molecule has 1 aliphatic heterocycles. The first-order chi connectivity index (χ1) is 8.63. The Balaban J connectivity index is 2.11. The van der Waals surface area contributed by atoms with Gasteiger partial charge in [-0.2, -0.15) is 0 Å². The van der Waals surface area contributed by atoms with E-state index < -0.39 is 0 Å². The van der Waals surface area contributed by atoms with Gasteiger partial charge in [-0.25, -0.2) is 0 Å². The second-order valence-corrected chi connectivity index (χ2v) is 6.11. The van der Waals surface area contributed by atoms with E-state index in [1.165, 1.54) is 0 Å². The van der Waals surface area contributed by atoms with E-state index in [9.17, 15) is 0 Å². The topological polar surface area (TPSA) is 51.6 Å². The highest BCUT2D eigenvalue weighted by Gasteiger charge is 2.27. The molecule has 0 amide bonds. The molecule has 2 heterocycles. The molecule has 0 radical (unpaired) electrons. The first-order valence-electron chi connectivity index (χ1n) is 6.08. The molecule has 1 atom stereocenters. The summed E-state index contributed by atoms with van der Waals surface area (Å²) < 4.78 is 12.7. The first kappa shape index (κ1) is 14.5. The summed E-state index contributed by atoms with van der Waals surface area (Å²) in [5.41, 5.74) is 5.91. The van der Waals surface area contributed by atoms with E-state index in [2.05, 4.69) is 43.8 Å². The lowest BCUT2D eigenvalue weighted by molar-refractivity contribution is 0.0259. The quantitative estimate of drug-likeness (QED) is 0.871. The Kier molecular flexibility index (Phi) is 5.26. The van der Waals surface area contributed by atoms with Crippen LogP contribution in [0, 0.1) is 0 Å². The first-order valence-corrected chi connectivity index (χ1v) is 7.66. The van der Waals surface area contributed by atoms with Gasteiger partial charge in [0.15, 0.2) is 4.67 Å². The summed E-state index contributed by atoms with van der Waals surface area (Å²) in [7, 11) is 2.11. The third-order valence-corrected chi connectivity index (χ3v) is 5.18. The van der Waals surface area contributed by atoms with Crippen LogP contribution < -0.4 is 5.73 Å². The molecule has 1 unspecified atom stereocenters. The van der Waals surface area contributed by atoms with E-state index in [-0.39, 0.29) is 6.04 Å². The summed E-state index contributed by atoms with van der Waals surface area (Å²) in [6.45, 7) is 2.20. The fourth-order valence-electron chi connectivity index (χ4n) is 2.36. The lowest BCUT2D eigenvalue weighted by Gasteiger charge is -2.35. The second kappa shape index (κ2) is 6.52. The number of likely N-dealkylation sites (N-methyl/N-ethyl adjacent to an activating group) is 1. The van der Waals surface area contributed by atoms with Crippen molar-refractivity contribution in [2.45, 2.75) is 24.9 Å². The molecule has 102 valence electrons. The molecule has 1 aromatic rings. The Morgan fingerprint density at radius 2 is 2.11 bits per heavy atom. The maximum atomic E-state index is 5.91. The summed E-state index contributed by atoms with van der Waals surface area (Å²) in [6, 6.07) is 2.60. The Labute approximate surface area is 124 Å². The summed E-state index contributed by atoms with van der Waals surface area (Å²) in [6.07, 6.45) is 2.10. The second-order valence-electron chi connectivity index (χ2n) is 4.53. The fraction of sp³-hybridized carbons (Fsp3) is 0.667. The zero-order valence-corrected chi connectivity index (χ0v) is 13.5. The van der Waals surface area contributed by atoms with Crippen molar-refractivity contribution in [3.63, 3.8) is 0 Å². The van der Waals surface area contributed by atoms with Crippen molar-refractivity contribution in [2.75, 3.05) is 26.8 Å². The molecule has 0 aliphatic carbocycles. The van der Waals surface area contributed by atoms with Crippen LogP contribution in [0.5, 0.6) is 0 Å². The van der Waals surface area contributed by atoms with Crippen molar-refractivity contribution in [1.29, 1.82) is 0 Å². The molecule has 2 N–H and O–H groups in total. The van der Waals surface area contributed by atoms with Gasteiger partial charge >= 0.3 is 0 Å².